The van der Waals surface area contributed by atoms with Crippen molar-refractivity contribution in [2.24, 2.45) is 0 Å². The normalized spacial score (nSPS) is 10.8. The lowest BCUT2D eigenvalue weighted by Gasteiger charge is -2.07. The lowest BCUT2D eigenvalue weighted by atomic mass is 10.1. The Morgan fingerprint density at radius 2 is 1.81 bits per heavy atom. The Labute approximate surface area is 100 Å². The van der Waals surface area contributed by atoms with Gasteiger partial charge in [0.25, 0.3) is 0 Å². The summed E-state index contributed by atoms with van der Waals surface area (Å²) in [6, 6.07) is 11.8. The van der Waals surface area contributed by atoms with Crippen LogP contribution >= 0.6 is 11.8 Å². The highest BCUT2D eigenvalue weighted by Gasteiger charge is 2.04. The third kappa shape index (κ3) is 2.33. The zero-order chi connectivity index (χ0) is 11.4. The van der Waals surface area contributed by atoms with E-state index >= 15 is 0 Å². The lowest BCUT2D eigenvalue weighted by Crippen LogP contribution is -1.81. The molecule has 2 rings (SSSR count). The van der Waals surface area contributed by atoms with Gasteiger partial charge in [0.2, 0.25) is 0 Å². The molecular formula is C14H16OS. The minimum atomic E-state index is 0.371. The van der Waals surface area contributed by atoms with Crippen LogP contribution in [-0.2, 0) is 0 Å². The van der Waals surface area contributed by atoms with Crippen LogP contribution in [0.15, 0.2) is 41.3 Å². The first-order valence-corrected chi connectivity index (χ1v) is 6.65. The Balaban J connectivity index is 2.35. The monoisotopic (exact) mass is 232 g/mol. The third-order valence-electron chi connectivity index (χ3n) is 2.62. The summed E-state index contributed by atoms with van der Waals surface area (Å²) in [4.78, 5) is 1.27. The standard InChI is InChI=1S/C14H16OS/c1-2-3-10-16-14-9-8-13(15)11-6-4-5-7-12(11)14/h4-9,15H,2-3,10H2,1H3. The summed E-state index contributed by atoms with van der Waals surface area (Å²) in [5, 5.41) is 11.9. The van der Waals surface area contributed by atoms with Crippen LogP contribution < -0.4 is 0 Å². The molecule has 0 fully saturated rings. The first-order chi connectivity index (χ1) is 7.83. The second-order valence-electron chi connectivity index (χ2n) is 3.83. The van der Waals surface area contributed by atoms with E-state index in [2.05, 4.69) is 13.0 Å². The fourth-order valence-electron chi connectivity index (χ4n) is 1.71. The molecule has 0 atom stereocenters. The highest BCUT2D eigenvalue weighted by atomic mass is 32.2. The van der Waals surface area contributed by atoms with Gasteiger partial charge in [-0.2, -0.15) is 0 Å². The third-order valence-corrected chi connectivity index (χ3v) is 3.78. The molecule has 1 nitrogen and oxygen atoms in total. The predicted octanol–water partition coefficient (Wildman–Crippen LogP) is 4.44. The van der Waals surface area contributed by atoms with Crippen molar-refractivity contribution in [2.75, 3.05) is 5.75 Å². The van der Waals surface area contributed by atoms with Crippen LogP contribution in [0.3, 0.4) is 0 Å². The molecule has 0 heterocycles. The first kappa shape index (κ1) is 11.3. The van der Waals surface area contributed by atoms with Gasteiger partial charge < -0.3 is 5.11 Å². The molecule has 84 valence electrons. The number of fused-ring (bicyclic) bond motifs is 1. The Kier molecular flexibility index (Phi) is 3.73. The number of unbranched alkanes of at least 4 members (excludes halogenated alkanes) is 1. The summed E-state index contributed by atoms with van der Waals surface area (Å²) in [7, 11) is 0. The molecule has 0 bridgehead atoms. The molecule has 0 spiro atoms. The molecule has 0 amide bonds. The van der Waals surface area contributed by atoms with E-state index in [9.17, 15) is 5.11 Å². The number of thioether (sulfide) groups is 1. The van der Waals surface area contributed by atoms with Crippen LogP contribution in [-0.4, -0.2) is 10.9 Å². The van der Waals surface area contributed by atoms with E-state index in [1.165, 1.54) is 17.7 Å². The Morgan fingerprint density at radius 1 is 1.06 bits per heavy atom. The SMILES string of the molecule is CCCCSc1ccc(O)c2ccccc12. The van der Waals surface area contributed by atoms with Crippen LogP contribution in [0.1, 0.15) is 19.8 Å². The Bertz CT molecular complexity index is 479. The average Bonchev–Trinajstić information content (AvgIpc) is 2.33. The van der Waals surface area contributed by atoms with Crippen LogP contribution in [0.5, 0.6) is 5.75 Å². The Hall–Kier alpha value is -1.15. The van der Waals surface area contributed by atoms with Gasteiger partial charge in [-0.05, 0) is 29.7 Å². The first-order valence-electron chi connectivity index (χ1n) is 5.66. The van der Waals surface area contributed by atoms with Gasteiger partial charge >= 0.3 is 0 Å². The van der Waals surface area contributed by atoms with Crippen molar-refractivity contribution < 1.29 is 5.11 Å². The maximum Gasteiger partial charge on any atom is 0.123 e. The molecule has 0 aliphatic rings. The summed E-state index contributed by atoms with van der Waals surface area (Å²) in [5.41, 5.74) is 0. The molecule has 0 saturated carbocycles. The molecule has 0 aliphatic carbocycles. The number of aromatic hydroxyl groups is 1. The van der Waals surface area contributed by atoms with Gasteiger partial charge in [-0.3, -0.25) is 0 Å². The summed E-state index contributed by atoms with van der Waals surface area (Å²) in [5.74, 6) is 1.51. The fraction of sp³-hybridized carbons (Fsp3) is 0.286. The fourth-order valence-corrected chi connectivity index (χ4v) is 2.86. The van der Waals surface area contributed by atoms with Gasteiger partial charge in [0.15, 0.2) is 0 Å². The summed E-state index contributed by atoms with van der Waals surface area (Å²) >= 11 is 1.87. The molecule has 2 aromatic rings. The quantitative estimate of drug-likeness (QED) is 0.621. The average molecular weight is 232 g/mol. The maximum absolute atomic E-state index is 9.76. The number of benzene rings is 2. The largest absolute Gasteiger partial charge is 0.507 e. The number of phenolic OH excluding ortho intramolecular Hbond substituents is 1. The Morgan fingerprint density at radius 3 is 2.56 bits per heavy atom. The molecule has 0 aliphatic heterocycles. The van der Waals surface area contributed by atoms with E-state index in [1.54, 1.807) is 6.07 Å². The van der Waals surface area contributed by atoms with Crippen molar-refractivity contribution in [2.45, 2.75) is 24.7 Å². The van der Waals surface area contributed by atoms with Crippen LogP contribution in [0, 0.1) is 0 Å². The number of hydrogen-bond acceptors (Lipinski definition) is 2. The van der Waals surface area contributed by atoms with Crippen molar-refractivity contribution in [3.63, 3.8) is 0 Å². The highest BCUT2D eigenvalue weighted by Crippen LogP contribution is 2.33. The van der Waals surface area contributed by atoms with Gasteiger partial charge in [0.05, 0.1) is 0 Å². The summed E-state index contributed by atoms with van der Waals surface area (Å²) < 4.78 is 0. The van der Waals surface area contributed by atoms with Gasteiger partial charge in [0, 0.05) is 10.3 Å². The van der Waals surface area contributed by atoms with E-state index in [0.29, 0.717) is 5.75 Å². The van der Waals surface area contributed by atoms with Crippen molar-refractivity contribution in [1.29, 1.82) is 0 Å². The maximum atomic E-state index is 9.76. The van der Waals surface area contributed by atoms with Crippen molar-refractivity contribution in [1.82, 2.24) is 0 Å². The van der Waals surface area contributed by atoms with Crippen LogP contribution in [0.2, 0.25) is 0 Å². The van der Waals surface area contributed by atoms with Crippen LogP contribution in [0.4, 0.5) is 0 Å². The van der Waals surface area contributed by atoms with Gasteiger partial charge in [-0.15, -0.1) is 11.8 Å². The molecule has 0 saturated heterocycles. The molecule has 0 unspecified atom stereocenters. The second kappa shape index (κ2) is 5.26. The smallest absolute Gasteiger partial charge is 0.123 e. The predicted molar refractivity (Wildman–Crippen MR) is 71.2 cm³/mol. The molecule has 0 aromatic heterocycles. The van der Waals surface area contributed by atoms with E-state index in [-0.39, 0.29) is 0 Å². The van der Waals surface area contributed by atoms with E-state index in [0.717, 1.165) is 16.5 Å². The molecule has 2 heteroatoms. The molecule has 1 N–H and O–H groups in total. The number of hydrogen-bond donors (Lipinski definition) is 1. The van der Waals surface area contributed by atoms with Gasteiger partial charge in [-0.25, -0.2) is 0 Å². The van der Waals surface area contributed by atoms with Gasteiger partial charge in [0.1, 0.15) is 5.75 Å². The van der Waals surface area contributed by atoms with Crippen LogP contribution in [0.25, 0.3) is 10.8 Å². The van der Waals surface area contributed by atoms with E-state index in [1.807, 2.05) is 36.0 Å². The zero-order valence-electron chi connectivity index (χ0n) is 9.44. The van der Waals surface area contributed by atoms with Crippen molar-refractivity contribution in [3.8, 4) is 5.75 Å². The van der Waals surface area contributed by atoms with Crippen molar-refractivity contribution >= 4 is 22.5 Å². The summed E-state index contributed by atoms with van der Waals surface area (Å²) in [6.45, 7) is 2.20. The van der Waals surface area contributed by atoms with E-state index < -0.39 is 0 Å². The van der Waals surface area contributed by atoms with E-state index in [4.69, 9.17) is 0 Å². The number of phenols is 1. The zero-order valence-corrected chi connectivity index (χ0v) is 10.3. The summed E-state index contributed by atoms with van der Waals surface area (Å²) in [6.07, 6.45) is 2.46. The number of rotatable bonds is 4. The second-order valence-corrected chi connectivity index (χ2v) is 4.97. The molecule has 2 aromatic carbocycles. The minimum Gasteiger partial charge on any atom is -0.507 e. The molecule has 16 heavy (non-hydrogen) atoms. The van der Waals surface area contributed by atoms with Gasteiger partial charge in [-0.1, -0.05) is 37.6 Å². The highest BCUT2D eigenvalue weighted by molar-refractivity contribution is 7.99. The topological polar surface area (TPSA) is 20.2 Å². The lowest BCUT2D eigenvalue weighted by molar-refractivity contribution is 0.481. The molecular weight excluding hydrogens is 216 g/mol. The van der Waals surface area contributed by atoms with Crippen molar-refractivity contribution in [3.05, 3.63) is 36.4 Å². The minimum absolute atomic E-state index is 0.371. The molecule has 0 radical (unpaired) electrons.